The van der Waals surface area contributed by atoms with Crippen LogP contribution in [0.2, 0.25) is 0 Å². The minimum Gasteiger partial charge on any atom is -0.238 e. The van der Waals surface area contributed by atoms with Gasteiger partial charge in [0, 0.05) is 5.92 Å². The van der Waals surface area contributed by atoms with E-state index in [0.29, 0.717) is 11.8 Å². The van der Waals surface area contributed by atoms with E-state index < -0.39 is 23.5 Å². The zero-order valence-electron chi connectivity index (χ0n) is 11.1. The summed E-state index contributed by atoms with van der Waals surface area (Å²) in [5.74, 6) is -1.28. The standard InChI is InChI=1S/C16H11F4N/c1-10(11-3-6-13(21-2)7-4-11)14-8-5-12(9-15(14)17)16(18,19)20/h3-10H,1H3. The maximum Gasteiger partial charge on any atom is 0.416 e. The van der Waals surface area contributed by atoms with E-state index >= 15 is 0 Å². The number of alkyl halides is 3. The van der Waals surface area contributed by atoms with Gasteiger partial charge in [0.05, 0.1) is 12.1 Å². The molecule has 0 heterocycles. The number of hydrogen-bond acceptors (Lipinski definition) is 0. The van der Waals surface area contributed by atoms with Crippen LogP contribution in [-0.2, 0) is 6.18 Å². The smallest absolute Gasteiger partial charge is 0.238 e. The summed E-state index contributed by atoms with van der Waals surface area (Å²) in [6, 6.07) is 9.10. The van der Waals surface area contributed by atoms with Crippen LogP contribution in [0.4, 0.5) is 23.2 Å². The van der Waals surface area contributed by atoms with E-state index in [1.165, 1.54) is 0 Å². The molecule has 1 unspecified atom stereocenters. The molecule has 0 aliphatic rings. The molecular formula is C16H11F4N. The fraction of sp³-hybridized carbons (Fsp3) is 0.188. The van der Waals surface area contributed by atoms with Crippen LogP contribution in [0, 0.1) is 12.4 Å². The van der Waals surface area contributed by atoms with Gasteiger partial charge in [0.1, 0.15) is 5.82 Å². The van der Waals surface area contributed by atoms with E-state index in [2.05, 4.69) is 4.85 Å². The van der Waals surface area contributed by atoms with Crippen molar-refractivity contribution in [2.24, 2.45) is 0 Å². The molecule has 0 saturated heterocycles. The summed E-state index contributed by atoms with van der Waals surface area (Å²) < 4.78 is 51.5. The predicted octanol–water partition coefficient (Wildman–Crippen LogP) is 5.55. The monoisotopic (exact) mass is 293 g/mol. The normalized spacial score (nSPS) is 12.8. The molecule has 1 nitrogen and oxygen atoms in total. The minimum absolute atomic E-state index is 0.193. The molecule has 0 aliphatic heterocycles. The van der Waals surface area contributed by atoms with Crippen molar-refractivity contribution in [1.82, 2.24) is 0 Å². The molecule has 1 atom stereocenters. The molecule has 5 heteroatoms. The van der Waals surface area contributed by atoms with Crippen molar-refractivity contribution in [2.75, 3.05) is 0 Å². The van der Waals surface area contributed by atoms with Gasteiger partial charge in [-0.1, -0.05) is 37.3 Å². The van der Waals surface area contributed by atoms with Crippen LogP contribution in [0.5, 0.6) is 0 Å². The van der Waals surface area contributed by atoms with Gasteiger partial charge in [-0.2, -0.15) is 13.2 Å². The fourth-order valence-electron chi connectivity index (χ4n) is 2.07. The molecule has 0 aliphatic carbocycles. The molecule has 2 aromatic carbocycles. The number of halogens is 4. The van der Waals surface area contributed by atoms with Gasteiger partial charge in [-0.25, -0.2) is 9.24 Å². The van der Waals surface area contributed by atoms with Gasteiger partial charge in [0.25, 0.3) is 0 Å². The Morgan fingerprint density at radius 2 is 1.67 bits per heavy atom. The quantitative estimate of drug-likeness (QED) is 0.505. The highest BCUT2D eigenvalue weighted by Gasteiger charge is 2.31. The molecule has 0 radical (unpaired) electrons. The molecule has 0 N–H and O–H groups in total. The fourth-order valence-corrected chi connectivity index (χ4v) is 2.07. The van der Waals surface area contributed by atoms with Gasteiger partial charge in [-0.3, -0.25) is 0 Å². The zero-order chi connectivity index (χ0) is 15.6. The van der Waals surface area contributed by atoms with Crippen molar-refractivity contribution in [3.63, 3.8) is 0 Å². The Morgan fingerprint density at radius 3 is 2.14 bits per heavy atom. The molecule has 2 rings (SSSR count). The Balaban J connectivity index is 2.35. The van der Waals surface area contributed by atoms with E-state index in [4.69, 9.17) is 6.57 Å². The van der Waals surface area contributed by atoms with Crippen molar-refractivity contribution in [3.8, 4) is 0 Å². The van der Waals surface area contributed by atoms with Gasteiger partial charge in [0.2, 0.25) is 0 Å². The Kier molecular flexibility index (Phi) is 3.99. The van der Waals surface area contributed by atoms with Crippen LogP contribution in [-0.4, -0.2) is 0 Å². The Morgan fingerprint density at radius 1 is 1.05 bits per heavy atom. The molecule has 0 bridgehead atoms. The highest BCUT2D eigenvalue weighted by atomic mass is 19.4. The van der Waals surface area contributed by atoms with Crippen LogP contribution in [0.25, 0.3) is 4.85 Å². The average molecular weight is 293 g/mol. The number of benzene rings is 2. The molecule has 0 amide bonds. The third-order valence-electron chi connectivity index (χ3n) is 3.32. The molecular weight excluding hydrogens is 282 g/mol. The highest BCUT2D eigenvalue weighted by Crippen LogP contribution is 2.33. The van der Waals surface area contributed by atoms with Crippen molar-refractivity contribution in [3.05, 3.63) is 76.4 Å². The summed E-state index contributed by atoms with van der Waals surface area (Å²) in [4.78, 5) is 3.25. The first kappa shape index (κ1) is 15.0. The SMILES string of the molecule is [C-]#[N+]c1ccc(C(C)c2ccc(C(F)(F)F)cc2F)cc1. The highest BCUT2D eigenvalue weighted by molar-refractivity contribution is 5.47. The summed E-state index contributed by atoms with van der Waals surface area (Å²) in [6.45, 7) is 8.57. The number of rotatable bonds is 2. The van der Waals surface area contributed by atoms with Crippen molar-refractivity contribution >= 4 is 5.69 Å². The molecule has 0 aromatic heterocycles. The Hall–Kier alpha value is -2.35. The van der Waals surface area contributed by atoms with E-state index in [1.54, 1.807) is 31.2 Å². The molecule has 0 fully saturated rings. The second-order valence-electron chi connectivity index (χ2n) is 4.66. The predicted molar refractivity (Wildman–Crippen MR) is 71.6 cm³/mol. The second kappa shape index (κ2) is 5.57. The number of nitrogens with zero attached hydrogens (tertiary/aromatic N) is 1. The van der Waals surface area contributed by atoms with E-state index in [9.17, 15) is 17.6 Å². The third kappa shape index (κ3) is 3.22. The summed E-state index contributed by atoms with van der Waals surface area (Å²) >= 11 is 0. The van der Waals surface area contributed by atoms with Crippen LogP contribution in [0.1, 0.15) is 29.5 Å². The maximum atomic E-state index is 13.9. The summed E-state index contributed by atoms with van der Waals surface area (Å²) in [6.07, 6.45) is -4.56. The lowest BCUT2D eigenvalue weighted by molar-refractivity contribution is -0.137. The van der Waals surface area contributed by atoms with Gasteiger partial charge in [0.15, 0.2) is 5.69 Å². The Labute approximate surface area is 119 Å². The van der Waals surface area contributed by atoms with Crippen molar-refractivity contribution < 1.29 is 17.6 Å². The minimum atomic E-state index is -4.56. The van der Waals surface area contributed by atoms with Crippen molar-refractivity contribution in [2.45, 2.75) is 19.0 Å². The lowest BCUT2D eigenvalue weighted by atomic mass is 9.92. The first-order chi connectivity index (χ1) is 9.82. The average Bonchev–Trinajstić information content (AvgIpc) is 2.45. The molecule has 21 heavy (non-hydrogen) atoms. The molecule has 2 aromatic rings. The summed E-state index contributed by atoms with van der Waals surface area (Å²) in [5, 5.41) is 0. The molecule has 0 spiro atoms. The molecule has 0 saturated carbocycles. The van der Waals surface area contributed by atoms with Crippen LogP contribution in [0.3, 0.4) is 0 Å². The van der Waals surface area contributed by atoms with Gasteiger partial charge in [-0.05, 0) is 23.3 Å². The first-order valence-corrected chi connectivity index (χ1v) is 6.17. The van der Waals surface area contributed by atoms with Crippen LogP contribution in [0.15, 0.2) is 42.5 Å². The van der Waals surface area contributed by atoms with Gasteiger partial charge < -0.3 is 0 Å². The molecule has 108 valence electrons. The van der Waals surface area contributed by atoms with Crippen LogP contribution >= 0.6 is 0 Å². The second-order valence-corrected chi connectivity index (χ2v) is 4.66. The topological polar surface area (TPSA) is 4.36 Å². The summed E-state index contributed by atoms with van der Waals surface area (Å²) in [7, 11) is 0. The van der Waals surface area contributed by atoms with Gasteiger partial charge >= 0.3 is 6.18 Å². The number of hydrogen-bond donors (Lipinski definition) is 0. The largest absolute Gasteiger partial charge is 0.416 e. The first-order valence-electron chi connectivity index (χ1n) is 6.17. The zero-order valence-corrected chi connectivity index (χ0v) is 11.1. The van der Waals surface area contributed by atoms with Crippen molar-refractivity contribution in [1.29, 1.82) is 0 Å². The van der Waals surface area contributed by atoms with E-state index in [1.807, 2.05) is 0 Å². The maximum absolute atomic E-state index is 13.9. The summed E-state index contributed by atoms with van der Waals surface area (Å²) in [5.41, 5.74) is 0.387. The van der Waals surface area contributed by atoms with Crippen LogP contribution < -0.4 is 0 Å². The lowest BCUT2D eigenvalue weighted by Crippen LogP contribution is -2.07. The van der Waals surface area contributed by atoms with Gasteiger partial charge in [-0.15, -0.1) is 0 Å². The van der Waals surface area contributed by atoms with E-state index in [-0.39, 0.29) is 5.56 Å². The van der Waals surface area contributed by atoms with E-state index in [0.717, 1.165) is 17.7 Å². The Bertz CT molecular complexity index is 681. The lowest BCUT2D eigenvalue weighted by Gasteiger charge is -2.15. The third-order valence-corrected chi connectivity index (χ3v) is 3.32.